The van der Waals surface area contributed by atoms with E-state index in [2.05, 4.69) is 81.3 Å². The second kappa shape index (κ2) is 8.88. The third-order valence-electron chi connectivity index (χ3n) is 7.16. The molecule has 5 nitrogen and oxygen atoms in total. The number of hydrazine groups is 1. The Kier molecular flexibility index (Phi) is 5.84. The molecule has 2 saturated heterocycles. The maximum absolute atomic E-state index is 13.3. The van der Waals surface area contributed by atoms with E-state index in [9.17, 15) is 4.79 Å². The van der Waals surface area contributed by atoms with Crippen molar-refractivity contribution in [3.8, 4) is 0 Å². The summed E-state index contributed by atoms with van der Waals surface area (Å²) in [7, 11) is 0. The van der Waals surface area contributed by atoms with Gasteiger partial charge in [0.25, 0.3) is 0 Å². The average molecular weight is 405 g/mol. The zero-order valence-electron chi connectivity index (χ0n) is 17.5. The van der Waals surface area contributed by atoms with Crippen LogP contribution in [0, 0.1) is 5.92 Å². The van der Waals surface area contributed by atoms with Crippen LogP contribution in [0.3, 0.4) is 0 Å². The highest BCUT2D eigenvalue weighted by Crippen LogP contribution is 2.32. The Balaban J connectivity index is 1.28. The molecule has 5 heteroatoms. The Hall–Kier alpha value is -2.21. The average Bonchev–Trinajstić information content (AvgIpc) is 3.25. The molecule has 2 aromatic rings. The van der Waals surface area contributed by atoms with Gasteiger partial charge in [-0.3, -0.25) is 15.1 Å². The van der Waals surface area contributed by atoms with Crippen molar-refractivity contribution in [2.75, 3.05) is 26.2 Å². The fraction of sp³-hybridized carbons (Fsp3) is 0.480. The summed E-state index contributed by atoms with van der Waals surface area (Å²) >= 11 is 0. The summed E-state index contributed by atoms with van der Waals surface area (Å²) in [4.78, 5) is 17.9. The largest absolute Gasteiger partial charge is 0.339 e. The summed E-state index contributed by atoms with van der Waals surface area (Å²) in [5.74, 6) is 0.734. The number of carbonyl (C=O) groups excluding carboxylic acids is 1. The quantitative estimate of drug-likeness (QED) is 0.823. The van der Waals surface area contributed by atoms with E-state index >= 15 is 0 Å². The van der Waals surface area contributed by atoms with Gasteiger partial charge >= 0.3 is 0 Å². The number of benzene rings is 2. The number of hydrogen-bond acceptors (Lipinski definition) is 4. The summed E-state index contributed by atoms with van der Waals surface area (Å²) in [6.45, 7) is 3.39. The molecule has 5 rings (SSSR count). The minimum absolute atomic E-state index is 0.0547. The van der Waals surface area contributed by atoms with E-state index in [0.29, 0.717) is 12.0 Å². The number of carbonyl (C=O) groups is 1. The molecule has 2 aromatic carbocycles. The summed E-state index contributed by atoms with van der Waals surface area (Å²) < 4.78 is 0. The number of nitrogens with one attached hydrogen (secondary N) is 2. The number of fused-ring (bicyclic) bond motifs is 1. The number of hydrogen-bond donors (Lipinski definition) is 2. The van der Waals surface area contributed by atoms with Crippen molar-refractivity contribution in [1.29, 1.82) is 0 Å². The number of piperazine rings is 1. The third kappa shape index (κ3) is 3.89. The Bertz CT molecular complexity index is 795. The lowest BCUT2D eigenvalue weighted by Crippen LogP contribution is -2.55. The second-order valence-electron chi connectivity index (χ2n) is 8.91. The van der Waals surface area contributed by atoms with Crippen LogP contribution in [-0.2, 0) is 4.79 Å². The summed E-state index contributed by atoms with van der Waals surface area (Å²) in [5, 5.41) is 0. The molecular weight excluding hydrogens is 372 g/mol. The van der Waals surface area contributed by atoms with Crippen LogP contribution in [0.5, 0.6) is 0 Å². The van der Waals surface area contributed by atoms with Gasteiger partial charge in [-0.2, -0.15) is 0 Å². The first-order chi connectivity index (χ1) is 14.8. The second-order valence-corrected chi connectivity index (χ2v) is 8.91. The normalized spacial score (nSPS) is 27.2. The van der Waals surface area contributed by atoms with Crippen LogP contribution in [0.4, 0.5) is 0 Å². The van der Waals surface area contributed by atoms with Gasteiger partial charge in [0.1, 0.15) is 6.04 Å². The van der Waals surface area contributed by atoms with Gasteiger partial charge in [-0.15, -0.1) is 0 Å². The molecule has 3 atom stereocenters. The van der Waals surface area contributed by atoms with E-state index in [1.54, 1.807) is 0 Å². The monoisotopic (exact) mass is 404 g/mol. The third-order valence-corrected chi connectivity index (χ3v) is 7.16. The number of nitrogens with zero attached hydrogens (tertiary/aromatic N) is 2. The van der Waals surface area contributed by atoms with Crippen LogP contribution < -0.4 is 10.9 Å². The first-order valence-corrected chi connectivity index (χ1v) is 11.4. The lowest BCUT2D eigenvalue weighted by atomic mass is 9.81. The molecule has 3 fully saturated rings. The fourth-order valence-corrected chi connectivity index (χ4v) is 5.57. The zero-order chi connectivity index (χ0) is 20.3. The van der Waals surface area contributed by atoms with Crippen molar-refractivity contribution in [3.63, 3.8) is 0 Å². The maximum atomic E-state index is 13.3. The summed E-state index contributed by atoms with van der Waals surface area (Å²) in [6.07, 6.45) is 4.86. The van der Waals surface area contributed by atoms with Crippen LogP contribution in [0.1, 0.15) is 42.9 Å². The molecule has 158 valence electrons. The van der Waals surface area contributed by atoms with Crippen molar-refractivity contribution in [3.05, 3.63) is 71.8 Å². The van der Waals surface area contributed by atoms with Crippen molar-refractivity contribution in [2.45, 2.75) is 43.8 Å². The van der Waals surface area contributed by atoms with Crippen LogP contribution in [0.15, 0.2) is 60.7 Å². The molecule has 3 unspecified atom stereocenters. The van der Waals surface area contributed by atoms with Crippen LogP contribution in [-0.4, -0.2) is 54.0 Å². The highest BCUT2D eigenvalue weighted by atomic mass is 16.2. The van der Waals surface area contributed by atoms with Gasteiger partial charge in [-0.1, -0.05) is 73.5 Å². The topological polar surface area (TPSA) is 47.6 Å². The fourth-order valence-electron chi connectivity index (χ4n) is 5.57. The molecule has 2 aliphatic heterocycles. The van der Waals surface area contributed by atoms with Crippen molar-refractivity contribution >= 4 is 5.91 Å². The van der Waals surface area contributed by atoms with Gasteiger partial charge in [-0.25, -0.2) is 5.43 Å². The summed E-state index contributed by atoms with van der Waals surface area (Å²) in [5.41, 5.74) is 9.35. The molecule has 2 N–H and O–H groups in total. The van der Waals surface area contributed by atoms with Crippen LogP contribution in [0.25, 0.3) is 0 Å². The SMILES string of the molecule is O=C(C1NNC2CCCCC21)N1CCN(C(c2ccccc2)c2ccccc2)CC1. The van der Waals surface area contributed by atoms with Crippen LogP contribution in [0.2, 0.25) is 0 Å². The Labute approximate surface area is 179 Å². The minimum Gasteiger partial charge on any atom is -0.339 e. The van der Waals surface area contributed by atoms with Crippen LogP contribution >= 0.6 is 0 Å². The minimum atomic E-state index is -0.0547. The molecular formula is C25H32N4O. The van der Waals surface area contributed by atoms with E-state index in [4.69, 9.17) is 0 Å². The van der Waals surface area contributed by atoms with Gasteiger partial charge in [0.2, 0.25) is 5.91 Å². The van der Waals surface area contributed by atoms with E-state index in [1.165, 1.54) is 30.4 Å². The first-order valence-electron chi connectivity index (χ1n) is 11.4. The molecule has 30 heavy (non-hydrogen) atoms. The Morgan fingerprint density at radius 3 is 2.03 bits per heavy atom. The van der Waals surface area contributed by atoms with E-state index < -0.39 is 0 Å². The molecule has 1 aliphatic carbocycles. The van der Waals surface area contributed by atoms with E-state index in [0.717, 1.165) is 32.6 Å². The van der Waals surface area contributed by atoms with Gasteiger partial charge in [-0.05, 0) is 24.0 Å². The van der Waals surface area contributed by atoms with Crippen molar-refractivity contribution < 1.29 is 4.79 Å². The number of rotatable bonds is 4. The molecule has 0 aromatic heterocycles. The Morgan fingerprint density at radius 1 is 0.800 bits per heavy atom. The van der Waals surface area contributed by atoms with E-state index in [-0.39, 0.29) is 18.0 Å². The predicted octanol–water partition coefficient (Wildman–Crippen LogP) is 2.96. The lowest BCUT2D eigenvalue weighted by Gasteiger charge is -2.41. The molecule has 0 bridgehead atoms. The van der Waals surface area contributed by atoms with Gasteiger partial charge in [0.15, 0.2) is 0 Å². The first kappa shape index (κ1) is 19.7. The van der Waals surface area contributed by atoms with Gasteiger partial charge < -0.3 is 4.90 Å². The highest BCUT2D eigenvalue weighted by Gasteiger charge is 2.43. The smallest absolute Gasteiger partial charge is 0.241 e. The van der Waals surface area contributed by atoms with E-state index in [1.807, 2.05) is 0 Å². The number of amides is 1. The lowest BCUT2D eigenvalue weighted by molar-refractivity contribution is -0.136. The maximum Gasteiger partial charge on any atom is 0.241 e. The van der Waals surface area contributed by atoms with Gasteiger partial charge in [0.05, 0.1) is 6.04 Å². The summed E-state index contributed by atoms with van der Waals surface area (Å²) in [6, 6.07) is 22.1. The molecule has 0 spiro atoms. The van der Waals surface area contributed by atoms with Crippen molar-refractivity contribution in [1.82, 2.24) is 20.7 Å². The highest BCUT2D eigenvalue weighted by molar-refractivity contribution is 5.82. The molecule has 1 saturated carbocycles. The standard InChI is InChI=1S/C25H32N4O/c30-25(23-21-13-7-8-14-22(21)26-27-23)29-17-15-28(16-18-29)24(19-9-3-1-4-10-19)20-11-5-2-6-12-20/h1-6,9-12,21-24,26-27H,7-8,13-18H2. The van der Waals surface area contributed by atoms with Gasteiger partial charge in [0, 0.05) is 38.1 Å². The predicted molar refractivity (Wildman–Crippen MR) is 119 cm³/mol. The molecule has 2 heterocycles. The zero-order valence-corrected chi connectivity index (χ0v) is 17.5. The Morgan fingerprint density at radius 2 is 1.40 bits per heavy atom. The van der Waals surface area contributed by atoms with Crippen molar-refractivity contribution in [2.24, 2.45) is 5.92 Å². The molecule has 0 radical (unpaired) electrons. The molecule has 3 aliphatic rings. The molecule has 1 amide bonds.